The van der Waals surface area contributed by atoms with Gasteiger partial charge in [-0.1, -0.05) is 54.6 Å². The maximum atomic E-state index is 13.5. The molecule has 0 unspecified atom stereocenters. The molecule has 3 aromatic heterocycles. The van der Waals surface area contributed by atoms with Gasteiger partial charge in [0, 0.05) is 34.4 Å². The van der Waals surface area contributed by atoms with Crippen molar-refractivity contribution in [3.63, 3.8) is 0 Å². The molecular formula is C36H35FN4O3. The molecule has 1 N–H and O–H groups in total. The first-order valence-corrected chi connectivity index (χ1v) is 14.8. The van der Waals surface area contributed by atoms with E-state index < -0.39 is 17.6 Å². The number of nitrogens with one attached hydrogen (secondary N) is 1. The fraction of sp³-hybridized carbons (Fsp3) is 0.278. The second kappa shape index (κ2) is 12.1. The first-order chi connectivity index (χ1) is 21.2. The van der Waals surface area contributed by atoms with Crippen LogP contribution in [0.25, 0.3) is 33.3 Å². The van der Waals surface area contributed by atoms with Crippen LogP contribution in [-0.2, 0) is 28.3 Å². The number of aromatic nitrogens is 3. The first kappa shape index (κ1) is 29.4. The van der Waals surface area contributed by atoms with Crippen LogP contribution >= 0.6 is 0 Å². The van der Waals surface area contributed by atoms with Crippen LogP contribution in [-0.4, -0.2) is 26.6 Å². The highest BCUT2D eigenvalue weighted by Gasteiger charge is 2.43. The van der Waals surface area contributed by atoms with Gasteiger partial charge in [-0.15, -0.1) is 0 Å². The number of rotatable bonds is 8. The zero-order valence-corrected chi connectivity index (χ0v) is 25.1. The van der Waals surface area contributed by atoms with Crippen LogP contribution in [0.3, 0.4) is 0 Å². The number of benzene rings is 2. The molecule has 8 heteroatoms. The molecule has 1 amide bonds. The number of alkyl carbamates (subject to hydrolysis) is 1. The molecule has 2 aromatic carbocycles. The summed E-state index contributed by atoms with van der Waals surface area (Å²) in [5.74, 6) is -0.534. The summed E-state index contributed by atoms with van der Waals surface area (Å²) >= 11 is 0. The molecule has 0 radical (unpaired) electrons. The lowest BCUT2D eigenvalue weighted by Crippen LogP contribution is -2.47. The van der Waals surface area contributed by atoms with Crippen molar-refractivity contribution in [2.24, 2.45) is 0 Å². The van der Waals surface area contributed by atoms with Crippen LogP contribution in [0.2, 0.25) is 0 Å². The standard InChI is InChI=1S/C36H35FN4O3/c1-35(2,3)41-34(42)44-36(16-7-17-36)27-12-10-26(11-13-27)33-28(25-8-5-4-6-9-25)21-29-30(40-33)15-19-38-31(29)23-43-22-24-14-18-39-32(37)20-24/h4-6,8-15,18-21H,7,16-17,22-23H2,1-3H3,(H,41,42). The Morgan fingerprint density at radius 3 is 2.34 bits per heavy atom. The average molecular weight is 591 g/mol. The van der Waals surface area contributed by atoms with E-state index in [4.69, 9.17) is 14.5 Å². The van der Waals surface area contributed by atoms with E-state index in [9.17, 15) is 9.18 Å². The Hall–Kier alpha value is -4.69. The van der Waals surface area contributed by atoms with E-state index in [1.807, 2.05) is 57.2 Å². The minimum atomic E-state index is -0.616. The largest absolute Gasteiger partial charge is 0.438 e. The van der Waals surface area contributed by atoms with Crippen molar-refractivity contribution in [3.05, 3.63) is 114 Å². The Morgan fingerprint density at radius 1 is 0.909 bits per heavy atom. The van der Waals surface area contributed by atoms with E-state index >= 15 is 0 Å². The lowest BCUT2D eigenvalue weighted by molar-refractivity contribution is -0.0549. The van der Waals surface area contributed by atoms with Gasteiger partial charge in [0.25, 0.3) is 0 Å². The summed E-state index contributed by atoms with van der Waals surface area (Å²) in [4.78, 5) is 26.0. The Labute approximate surface area is 256 Å². The number of nitrogens with zero attached hydrogens (tertiary/aromatic N) is 3. The summed E-state index contributed by atoms with van der Waals surface area (Å²) in [7, 11) is 0. The van der Waals surface area contributed by atoms with E-state index in [0.29, 0.717) is 5.56 Å². The zero-order chi connectivity index (χ0) is 30.7. The molecule has 3 heterocycles. The van der Waals surface area contributed by atoms with Crippen LogP contribution in [0.15, 0.2) is 91.3 Å². The monoisotopic (exact) mass is 590 g/mol. The molecule has 44 heavy (non-hydrogen) atoms. The van der Waals surface area contributed by atoms with Gasteiger partial charge in [-0.3, -0.25) is 4.98 Å². The van der Waals surface area contributed by atoms with Crippen LogP contribution in [0.4, 0.5) is 9.18 Å². The summed E-state index contributed by atoms with van der Waals surface area (Å²) in [6, 6.07) is 25.5. The SMILES string of the molecule is CC(C)(C)NC(=O)OC1(c2ccc(-c3nc4ccnc(COCc5ccnc(F)c5)c4cc3-c3ccccc3)cc2)CCC1. The molecule has 6 rings (SSSR count). The third kappa shape index (κ3) is 6.45. The zero-order valence-electron chi connectivity index (χ0n) is 25.1. The van der Waals surface area contributed by atoms with Crippen molar-refractivity contribution in [1.82, 2.24) is 20.3 Å². The molecule has 1 fully saturated rings. The molecule has 0 spiro atoms. The van der Waals surface area contributed by atoms with Gasteiger partial charge in [-0.05, 0) is 81.0 Å². The molecule has 5 aromatic rings. The quantitative estimate of drug-likeness (QED) is 0.184. The van der Waals surface area contributed by atoms with Gasteiger partial charge in [0.15, 0.2) is 0 Å². The number of carbonyl (C=O) groups excluding carboxylic acids is 1. The maximum absolute atomic E-state index is 13.5. The van der Waals surface area contributed by atoms with E-state index in [1.54, 1.807) is 12.3 Å². The molecule has 224 valence electrons. The van der Waals surface area contributed by atoms with Crippen LogP contribution < -0.4 is 5.32 Å². The minimum Gasteiger partial charge on any atom is -0.438 e. The number of amides is 1. The van der Waals surface area contributed by atoms with Crippen molar-refractivity contribution in [3.8, 4) is 22.4 Å². The smallest absolute Gasteiger partial charge is 0.408 e. The summed E-state index contributed by atoms with van der Waals surface area (Å²) in [6.07, 6.45) is 5.36. The molecule has 0 aliphatic heterocycles. The molecule has 7 nitrogen and oxygen atoms in total. The highest BCUT2D eigenvalue weighted by atomic mass is 19.1. The van der Waals surface area contributed by atoms with Gasteiger partial charge in [0.05, 0.1) is 30.1 Å². The van der Waals surface area contributed by atoms with Crippen molar-refractivity contribution in [2.45, 2.75) is 64.4 Å². The third-order valence-corrected chi connectivity index (χ3v) is 7.82. The predicted octanol–water partition coefficient (Wildman–Crippen LogP) is 8.12. The Balaban J connectivity index is 1.32. The number of ether oxygens (including phenoxy) is 2. The molecule has 0 atom stereocenters. The maximum Gasteiger partial charge on any atom is 0.408 e. The van der Waals surface area contributed by atoms with Gasteiger partial charge in [0.2, 0.25) is 5.95 Å². The number of halogens is 1. The fourth-order valence-corrected chi connectivity index (χ4v) is 5.51. The van der Waals surface area contributed by atoms with E-state index in [1.165, 1.54) is 12.3 Å². The number of hydrogen-bond donors (Lipinski definition) is 1. The Morgan fingerprint density at radius 2 is 1.66 bits per heavy atom. The van der Waals surface area contributed by atoms with E-state index in [2.05, 4.69) is 45.6 Å². The fourth-order valence-electron chi connectivity index (χ4n) is 5.51. The van der Waals surface area contributed by atoms with Gasteiger partial charge in [-0.25, -0.2) is 14.8 Å². The lowest BCUT2D eigenvalue weighted by Gasteiger charge is -2.42. The third-order valence-electron chi connectivity index (χ3n) is 7.82. The summed E-state index contributed by atoms with van der Waals surface area (Å²) < 4.78 is 25.4. The van der Waals surface area contributed by atoms with Gasteiger partial charge >= 0.3 is 6.09 Å². The lowest BCUT2D eigenvalue weighted by atomic mass is 9.74. The topological polar surface area (TPSA) is 86.2 Å². The highest BCUT2D eigenvalue weighted by Crippen LogP contribution is 2.45. The second-order valence-corrected chi connectivity index (χ2v) is 12.2. The predicted molar refractivity (Wildman–Crippen MR) is 168 cm³/mol. The van der Waals surface area contributed by atoms with Gasteiger partial charge in [0.1, 0.15) is 5.60 Å². The van der Waals surface area contributed by atoms with Crippen molar-refractivity contribution < 1.29 is 18.7 Å². The number of fused-ring (bicyclic) bond motifs is 1. The highest BCUT2D eigenvalue weighted by molar-refractivity contribution is 5.92. The Bertz CT molecular complexity index is 1780. The van der Waals surface area contributed by atoms with E-state index in [0.717, 1.165) is 63.8 Å². The summed E-state index contributed by atoms with van der Waals surface area (Å²) in [5, 5.41) is 3.81. The number of carbonyl (C=O) groups is 1. The summed E-state index contributed by atoms with van der Waals surface area (Å²) in [5.41, 5.74) is 6.04. The van der Waals surface area contributed by atoms with Crippen LogP contribution in [0.1, 0.15) is 56.9 Å². The van der Waals surface area contributed by atoms with Crippen molar-refractivity contribution >= 4 is 17.0 Å². The molecule has 0 bridgehead atoms. The molecule has 0 saturated heterocycles. The summed E-state index contributed by atoms with van der Waals surface area (Å²) in [6.45, 7) is 6.30. The van der Waals surface area contributed by atoms with E-state index in [-0.39, 0.29) is 18.8 Å². The number of pyridine rings is 3. The Kier molecular flexibility index (Phi) is 8.10. The van der Waals surface area contributed by atoms with Crippen molar-refractivity contribution in [2.75, 3.05) is 0 Å². The van der Waals surface area contributed by atoms with Crippen molar-refractivity contribution in [1.29, 1.82) is 0 Å². The first-order valence-electron chi connectivity index (χ1n) is 14.8. The van der Waals surface area contributed by atoms with Crippen LogP contribution in [0, 0.1) is 5.95 Å². The normalized spacial score (nSPS) is 14.2. The average Bonchev–Trinajstić information content (AvgIpc) is 2.98. The number of hydrogen-bond acceptors (Lipinski definition) is 6. The minimum absolute atomic E-state index is 0.240. The molecule has 1 aliphatic carbocycles. The van der Waals surface area contributed by atoms with Crippen LogP contribution in [0.5, 0.6) is 0 Å². The second-order valence-electron chi connectivity index (χ2n) is 12.2. The van der Waals surface area contributed by atoms with Gasteiger partial charge < -0.3 is 14.8 Å². The van der Waals surface area contributed by atoms with Gasteiger partial charge in [-0.2, -0.15) is 4.39 Å². The molecule has 1 saturated carbocycles. The molecular weight excluding hydrogens is 555 g/mol. The molecule has 1 aliphatic rings.